The number of nitrogens with one attached hydrogen (secondary N) is 3. The lowest BCUT2D eigenvalue weighted by Gasteiger charge is -2.16. The Morgan fingerprint density at radius 3 is 1.97 bits per heavy atom. The first-order valence-corrected chi connectivity index (χ1v) is 9.17. The molecule has 0 spiro atoms. The summed E-state index contributed by atoms with van der Waals surface area (Å²) in [4.78, 5) is 37.5. The summed E-state index contributed by atoms with van der Waals surface area (Å²) in [7, 11) is 0. The lowest BCUT2D eigenvalue weighted by Crippen LogP contribution is -2.41. The van der Waals surface area contributed by atoms with Crippen LogP contribution in [0.25, 0.3) is 0 Å². The summed E-state index contributed by atoms with van der Waals surface area (Å²) in [6.45, 7) is 1.60. The van der Waals surface area contributed by atoms with Crippen LogP contribution in [0.4, 0.5) is 11.4 Å². The molecule has 0 aliphatic rings. The average molecular weight is 387 g/mol. The van der Waals surface area contributed by atoms with Gasteiger partial charge in [-0.3, -0.25) is 14.4 Å². The zero-order valence-corrected chi connectivity index (χ0v) is 15.9. The molecule has 3 aromatic rings. The van der Waals surface area contributed by atoms with E-state index in [0.29, 0.717) is 16.9 Å². The fourth-order valence-corrected chi connectivity index (χ4v) is 2.69. The molecule has 0 bridgehead atoms. The summed E-state index contributed by atoms with van der Waals surface area (Å²) in [5.74, 6) is -1.11. The summed E-state index contributed by atoms with van der Waals surface area (Å²) in [6.07, 6.45) is 0. The predicted octanol–water partition coefficient (Wildman–Crippen LogP) is 3.70. The SMILES string of the molecule is C[C@H](NC(=O)c1ccccc1NC(=O)c1ccccc1)C(=O)Nc1ccccc1. The first-order chi connectivity index (χ1) is 14.0. The Bertz CT molecular complexity index is 1000. The molecule has 0 saturated carbocycles. The van der Waals surface area contributed by atoms with Crippen molar-refractivity contribution in [3.63, 3.8) is 0 Å². The van der Waals surface area contributed by atoms with Gasteiger partial charge in [-0.1, -0.05) is 48.5 Å². The van der Waals surface area contributed by atoms with E-state index in [1.165, 1.54) is 0 Å². The smallest absolute Gasteiger partial charge is 0.255 e. The van der Waals surface area contributed by atoms with E-state index < -0.39 is 11.9 Å². The second kappa shape index (κ2) is 9.32. The van der Waals surface area contributed by atoms with Crippen LogP contribution in [0, 0.1) is 0 Å². The van der Waals surface area contributed by atoms with Crippen molar-refractivity contribution in [3.8, 4) is 0 Å². The van der Waals surface area contributed by atoms with Crippen molar-refractivity contribution in [2.45, 2.75) is 13.0 Å². The molecule has 3 amide bonds. The number of anilines is 2. The molecule has 3 rings (SSSR count). The van der Waals surface area contributed by atoms with Gasteiger partial charge in [0.05, 0.1) is 11.3 Å². The molecule has 3 aromatic carbocycles. The molecule has 0 unspecified atom stereocenters. The van der Waals surface area contributed by atoms with Crippen LogP contribution in [0.2, 0.25) is 0 Å². The van der Waals surface area contributed by atoms with E-state index in [0.717, 1.165) is 0 Å². The van der Waals surface area contributed by atoms with Gasteiger partial charge in [0.1, 0.15) is 6.04 Å². The Kier molecular flexibility index (Phi) is 6.37. The molecule has 0 aliphatic carbocycles. The van der Waals surface area contributed by atoms with Crippen LogP contribution in [0.3, 0.4) is 0 Å². The molecule has 3 N–H and O–H groups in total. The molecule has 29 heavy (non-hydrogen) atoms. The highest BCUT2D eigenvalue weighted by atomic mass is 16.2. The number of carbonyl (C=O) groups is 3. The topological polar surface area (TPSA) is 87.3 Å². The quantitative estimate of drug-likeness (QED) is 0.603. The highest BCUT2D eigenvalue weighted by Gasteiger charge is 2.19. The third kappa shape index (κ3) is 5.29. The van der Waals surface area contributed by atoms with Crippen molar-refractivity contribution in [1.82, 2.24) is 5.32 Å². The number of rotatable bonds is 6. The van der Waals surface area contributed by atoms with Gasteiger partial charge in [-0.15, -0.1) is 0 Å². The average Bonchev–Trinajstić information content (AvgIpc) is 2.75. The second-order valence-electron chi connectivity index (χ2n) is 6.42. The Morgan fingerprint density at radius 1 is 0.690 bits per heavy atom. The molecule has 1 atom stereocenters. The molecular formula is C23H21N3O3. The number of hydrogen-bond acceptors (Lipinski definition) is 3. The highest BCUT2D eigenvalue weighted by Crippen LogP contribution is 2.17. The maximum atomic E-state index is 12.7. The van der Waals surface area contributed by atoms with Gasteiger partial charge < -0.3 is 16.0 Å². The zero-order valence-electron chi connectivity index (χ0n) is 15.9. The summed E-state index contributed by atoms with van der Waals surface area (Å²) >= 11 is 0. The maximum Gasteiger partial charge on any atom is 0.255 e. The van der Waals surface area contributed by atoms with E-state index in [1.807, 2.05) is 24.3 Å². The van der Waals surface area contributed by atoms with Crippen LogP contribution in [-0.4, -0.2) is 23.8 Å². The van der Waals surface area contributed by atoms with Crippen LogP contribution in [0.15, 0.2) is 84.9 Å². The molecule has 6 heteroatoms. The molecular weight excluding hydrogens is 366 g/mol. The third-order valence-electron chi connectivity index (χ3n) is 4.24. The monoisotopic (exact) mass is 387 g/mol. The van der Waals surface area contributed by atoms with Crippen molar-refractivity contribution in [3.05, 3.63) is 96.1 Å². The normalized spacial score (nSPS) is 11.2. The predicted molar refractivity (Wildman–Crippen MR) is 113 cm³/mol. The van der Waals surface area contributed by atoms with E-state index in [2.05, 4.69) is 16.0 Å². The van der Waals surface area contributed by atoms with Crippen molar-refractivity contribution in [2.24, 2.45) is 0 Å². The molecule has 0 radical (unpaired) electrons. The second-order valence-corrected chi connectivity index (χ2v) is 6.42. The van der Waals surface area contributed by atoms with E-state index in [-0.39, 0.29) is 17.4 Å². The number of para-hydroxylation sites is 2. The Labute approximate surface area is 169 Å². The molecule has 0 aliphatic heterocycles. The standard InChI is InChI=1S/C23H21N3O3/c1-16(21(27)25-18-12-6-3-7-13-18)24-23(29)19-14-8-9-15-20(19)26-22(28)17-10-4-2-5-11-17/h2-16H,1H3,(H,24,29)(H,25,27)(H,26,28)/t16-/m0/s1. The van der Waals surface area contributed by atoms with Crippen molar-refractivity contribution in [2.75, 3.05) is 10.6 Å². The van der Waals surface area contributed by atoms with E-state index in [9.17, 15) is 14.4 Å². The molecule has 0 saturated heterocycles. The van der Waals surface area contributed by atoms with Crippen LogP contribution in [0.1, 0.15) is 27.6 Å². The van der Waals surface area contributed by atoms with Gasteiger partial charge in [-0.2, -0.15) is 0 Å². The van der Waals surface area contributed by atoms with Gasteiger partial charge in [0.15, 0.2) is 0 Å². The minimum absolute atomic E-state index is 0.274. The van der Waals surface area contributed by atoms with E-state index >= 15 is 0 Å². The molecule has 0 fully saturated rings. The van der Waals surface area contributed by atoms with Gasteiger partial charge in [-0.05, 0) is 43.3 Å². The fourth-order valence-electron chi connectivity index (χ4n) is 2.69. The number of carbonyl (C=O) groups excluding carboxylic acids is 3. The first-order valence-electron chi connectivity index (χ1n) is 9.17. The lowest BCUT2D eigenvalue weighted by molar-refractivity contribution is -0.117. The Hall–Kier alpha value is -3.93. The van der Waals surface area contributed by atoms with Crippen LogP contribution in [0.5, 0.6) is 0 Å². The van der Waals surface area contributed by atoms with Gasteiger partial charge in [0.2, 0.25) is 5.91 Å². The Morgan fingerprint density at radius 2 is 1.28 bits per heavy atom. The first kappa shape index (κ1) is 19.8. The maximum absolute atomic E-state index is 12.7. The number of benzene rings is 3. The van der Waals surface area contributed by atoms with Gasteiger partial charge in [0, 0.05) is 11.3 Å². The van der Waals surface area contributed by atoms with Crippen molar-refractivity contribution < 1.29 is 14.4 Å². The summed E-state index contributed by atoms with van der Waals surface area (Å²) in [5.41, 5.74) is 1.78. The molecule has 0 heterocycles. The van der Waals surface area contributed by atoms with Gasteiger partial charge in [-0.25, -0.2) is 0 Å². The van der Waals surface area contributed by atoms with E-state index in [1.54, 1.807) is 67.6 Å². The van der Waals surface area contributed by atoms with Crippen LogP contribution in [-0.2, 0) is 4.79 Å². The summed E-state index contributed by atoms with van der Waals surface area (Å²) in [6, 6.07) is 23.6. The molecule has 0 aromatic heterocycles. The van der Waals surface area contributed by atoms with Crippen molar-refractivity contribution >= 4 is 29.1 Å². The number of amides is 3. The highest BCUT2D eigenvalue weighted by molar-refractivity contribution is 6.09. The van der Waals surface area contributed by atoms with Gasteiger partial charge in [0.25, 0.3) is 11.8 Å². The number of hydrogen-bond donors (Lipinski definition) is 3. The van der Waals surface area contributed by atoms with Crippen molar-refractivity contribution in [1.29, 1.82) is 0 Å². The fraction of sp³-hybridized carbons (Fsp3) is 0.0870. The lowest BCUT2D eigenvalue weighted by atomic mass is 10.1. The minimum Gasteiger partial charge on any atom is -0.340 e. The van der Waals surface area contributed by atoms with Crippen LogP contribution < -0.4 is 16.0 Å². The third-order valence-corrected chi connectivity index (χ3v) is 4.24. The van der Waals surface area contributed by atoms with Gasteiger partial charge >= 0.3 is 0 Å². The molecule has 146 valence electrons. The molecule has 6 nitrogen and oxygen atoms in total. The van der Waals surface area contributed by atoms with E-state index in [4.69, 9.17) is 0 Å². The Balaban J connectivity index is 1.68. The minimum atomic E-state index is -0.763. The largest absolute Gasteiger partial charge is 0.340 e. The summed E-state index contributed by atoms with van der Waals surface area (Å²) < 4.78 is 0. The zero-order chi connectivity index (χ0) is 20.6. The van der Waals surface area contributed by atoms with Crippen LogP contribution >= 0.6 is 0 Å². The summed E-state index contributed by atoms with van der Waals surface area (Å²) in [5, 5.41) is 8.16.